The molecule has 23 heavy (non-hydrogen) atoms. The molecule has 2 N–H and O–H groups in total. The van der Waals surface area contributed by atoms with E-state index in [0.29, 0.717) is 0 Å². The highest BCUT2D eigenvalue weighted by Gasteiger charge is 2.55. The molecule has 2 saturated heterocycles. The fourth-order valence-electron chi connectivity index (χ4n) is 4.50. The summed E-state index contributed by atoms with van der Waals surface area (Å²) >= 11 is 0. The zero-order chi connectivity index (χ0) is 16.0. The minimum absolute atomic E-state index is 0.0129. The molecule has 1 aromatic rings. The third-order valence-corrected chi connectivity index (χ3v) is 5.55. The van der Waals surface area contributed by atoms with Crippen LogP contribution in [0.1, 0.15) is 42.9 Å². The predicted octanol–water partition coefficient (Wildman–Crippen LogP) is 2.06. The Morgan fingerprint density at radius 3 is 2.61 bits per heavy atom. The molecule has 4 rings (SSSR count). The maximum Gasteiger partial charge on any atom is 0.310 e. The lowest BCUT2D eigenvalue weighted by Crippen LogP contribution is -2.45. The lowest BCUT2D eigenvalue weighted by atomic mass is 9.78. The zero-order valence-corrected chi connectivity index (χ0v) is 12.9. The summed E-state index contributed by atoms with van der Waals surface area (Å²) in [4.78, 5) is 24.3. The highest BCUT2D eigenvalue weighted by atomic mass is 16.5. The summed E-state index contributed by atoms with van der Waals surface area (Å²) < 4.78 is 5.70. The molecule has 1 aromatic carbocycles. The van der Waals surface area contributed by atoms with Crippen LogP contribution in [0.2, 0.25) is 0 Å². The maximum absolute atomic E-state index is 12.8. The van der Waals surface area contributed by atoms with E-state index in [1.807, 2.05) is 12.1 Å². The van der Waals surface area contributed by atoms with Crippen molar-refractivity contribution >= 4 is 11.9 Å². The Morgan fingerprint density at radius 1 is 1.09 bits per heavy atom. The molecule has 5 atom stereocenters. The summed E-state index contributed by atoms with van der Waals surface area (Å²) in [6, 6.07) is 8.16. The molecule has 0 saturated carbocycles. The van der Waals surface area contributed by atoms with E-state index in [-0.39, 0.29) is 24.2 Å². The largest absolute Gasteiger partial charge is 0.481 e. The number of aryl methyl sites for hydroxylation is 1. The summed E-state index contributed by atoms with van der Waals surface area (Å²) in [7, 11) is 0. The molecule has 3 aliphatic rings. The third-order valence-electron chi connectivity index (χ3n) is 5.55. The SMILES string of the molecule is O=C(O)[C@@H]1[C@@H](C(=O)N[C@H]2CCCc3ccccc32)[C@@H]2CC[C@@H]1O2. The second-order valence-corrected chi connectivity index (χ2v) is 6.83. The minimum atomic E-state index is -0.915. The minimum Gasteiger partial charge on any atom is -0.481 e. The predicted molar refractivity (Wildman–Crippen MR) is 82.8 cm³/mol. The molecule has 2 fully saturated rings. The van der Waals surface area contributed by atoms with E-state index in [1.54, 1.807) is 0 Å². The van der Waals surface area contributed by atoms with Crippen molar-refractivity contribution in [2.45, 2.75) is 50.4 Å². The summed E-state index contributed by atoms with van der Waals surface area (Å²) in [6.45, 7) is 0. The molecule has 2 aliphatic heterocycles. The fraction of sp³-hybridized carbons (Fsp3) is 0.556. The first-order chi connectivity index (χ1) is 11.1. The summed E-state index contributed by atoms with van der Waals surface area (Å²) in [5, 5.41) is 12.6. The lowest BCUT2D eigenvalue weighted by molar-refractivity contribution is -0.148. The summed E-state index contributed by atoms with van der Waals surface area (Å²) in [5.74, 6) is -2.33. The number of ether oxygens (including phenoxy) is 1. The smallest absolute Gasteiger partial charge is 0.310 e. The average Bonchev–Trinajstić information content (AvgIpc) is 3.16. The summed E-state index contributed by atoms with van der Waals surface area (Å²) in [5.41, 5.74) is 2.45. The van der Waals surface area contributed by atoms with Crippen molar-refractivity contribution in [3.05, 3.63) is 35.4 Å². The van der Waals surface area contributed by atoms with E-state index < -0.39 is 17.8 Å². The number of carbonyl (C=O) groups excluding carboxylic acids is 1. The van der Waals surface area contributed by atoms with Crippen LogP contribution in [0.25, 0.3) is 0 Å². The van der Waals surface area contributed by atoms with Crippen LogP contribution in [0.4, 0.5) is 0 Å². The van der Waals surface area contributed by atoms with Gasteiger partial charge in [0.15, 0.2) is 0 Å². The molecule has 0 radical (unpaired) electrons. The quantitative estimate of drug-likeness (QED) is 0.895. The highest BCUT2D eigenvalue weighted by molar-refractivity contribution is 5.86. The number of benzene rings is 1. The van der Waals surface area contributed by atoms with Crippen molar-refractivity contribution < 1.29 is 19.4 Å². The van der Waals surface area contributed by atoms with Gasteiger partial charge < -0.3 is 15.2 Å². The molecule has 0 unspecified atom stereocenters. The Hall–Kier alpha value is -1.88. The Kier molecular flexibility index (Phi) is 3.60. The van der Waals surface area contributed by atoms with Crippen molar-refractivity contribution in [1.82, 2.24) is 5.32 Å². The molecule has 5 nitrogen and oxygen atoms in total. The number of rotatable bonds is 3. The first-order valence-electron chi connectivity index (χ1n) is 8.41. The molecular formula is C18H21NO4. The van der Waals surface area contributed by atoms with Crippen molar-refractivity contribution in [1.29, 1.82) is 0 Å². The molecule has 0 aromatic heterocycles. The number of hydrogen-bond donors (Lipinski definition) is 2. The van der Waals surface area contributed by atoms with Crippen molar-refractivity contribution in [3.8, 4) is 0 Å². The van der Waals surface area contributed by atoms with Gasteiger partial charge in [0, 0.05) is 0 Å². The Bertz CT molecular complexity index is 644. The first kappa shape index (κ1) is 14.7. The molecule has 1 aliphatic carbocycles. The number of carbonyl (C=O) groups is 2. The van der Waals surface area contributed by atoms with Gasteiger partial charge in [-0.25, -0.2) is 0 Å². The second kappa shape index (κ2) is 5.64. The van der Waals surface area contributed by atoms with E-state index in [1.165, 1.54) is 11.1 Å². The van der Waals surface area contributed by atoms with Crippen LogP contribution in [0.15, 0.2) is 24.3 Å². The van der Waals surface area contributed by atoms with E-state index in [2.05, 4.69) is 17.4 Å². The fourth-order valence-corrected chi connectivity index (χ4v) is 4.50. The van der Waals surface area contributed by atoms with Crippen molar-refractivity contribution in [2.24, 2.45) is 11.8 Å². The topological polar surface area (TPSA) is 75.6 Å². The van der Waals surface area contributed by atoms with Gasteiger partial charge in [0.1, 0.15) is 0 Å². The number of nitrogens with one attached hydrogen (secondary N) is 1. The number of fused-ring (bicyclic) bond motifs is 3. The number of carboxylic acids is 1. The van der Waals surface area contributed by atoms with Gasteiger partial charge in [-0.2, -0.15) is 0 Å². The van der Waals surface area contributed by atoms with E-state index in [4.69, 9.17) is 4.74 Å². The van der Waals surface area contributed by atoms with Crippen LogP contribution in [0, 0.1) is 11.8 Å². The van der Waals surface area contributed by atoms with Crippen LogP contribution in [0.3, 0.4) is 0 Å². The van der Waals surface area contributed by atoms with Gasteiger partial charge >= 0.3 is 5.97 Å². The van der Waals surface area contributed by atoms with Crippen LogP contribution < -0.4 is 5.32 Å². The van der Waals surface area contributed by atoms with Crippen molar-refractivity contribution in [2.75, 3.05) is 0 Å². The summed E-state index contributed by atoms with van der Waals surface area (Å²) in [6.07, 6.45) is 3.98. The number of hydrogen-bond acceptors (Lipinski definition) is 3. The number of amides is 1. The Morgan fingerprint density at radius 2 is 1.83 bits per heavy atom. The van der Waals surface area contributed by atoms with Crippen LogP contribution in [0.5, 0.6) is 0 Å². The molecular weight excluding hydrogens is 294 g/mol. The molecule has 2 heterocycles. The molecule has 0 spiro atoms. The second-order valence-electron chi connectivity index (χ2n) is 6.83. The van der Waals surface area contributed by atoms with Gasteiger partial charge in [0.2, 0.25) is 5.91 Å². The van der Waals surface area contributed by atoms with Gasteiger partial charge in [-0.15, -0.1) is 0 Å². The normalized spacial score (nSPS) is 34.9. The molecule has 1 amide bonds. The van der Waals surface area contributed by atoms with Gasteiger partial charge in [0.25, 0.3) is 0 Å². The van der Waals surface area contributed by atoms with Gasteiger partial charge in [0.05, 0.1) is 30.1 Å². The van der Waals surface area contributed by atoms with E-state index >= 15 is 0 Å². The standard InChI is InChI=1S/C18H21NO4/c20-17(15-13-8-9-14(23-13)16(15)18(21)22)19-12-7-3-5-10-4-1-2-6-11(10)12/h1-2,4,6,12-16H,3,5,7-9H2,(H,19,20)(H,21,22)/t12-,13-,14-,15-,16-/m0/s1. The van der Waals surface area contributed by atoms with Crippen LogP contribution in [-0.2, 0) is 20.7 Å². The Balaban J connectivity index is 1.54. The first-order valence-corrected chi connectivity index (χ1v) is 8.41. The highest BCUT2D eigenvalue weighted by Crippen LogP contribution is 2.44. The van der Waals surface area contributed by atoms with Gasteiger partial charge in [-0.1, -0.05) is 24.3 Å². The van der Waals surface area contributed by atoms with Gasteiger partial charge in [-0.05, 0) is 43.2 Å². The number of carboxylic acid groups (broad SMARTS) is 1. The Labute approximate surface area is 135 Å². The van der Waals surface area contributed by atoms with Gasteiger partial charge in [-0.3, -0.25) is 9.59 Å². The maximum atomic E-state index is 12.8. The lowest BCUT2D eigenvalue weighted by Gasteiger charge is -2.30. The average molecular weight is 315 g/mol. The zero-order valence-electron chi connectivity index (χ0n) is 12.9. The van der Waals surface area contributed by atoms with Crippen LogP contribution >= 0.6 is 0 Å². The van der Waals surface area contributed by atoms with Crippen LogP contribution in [-0.4, -0.2) is 29.2 Å². The monoisotopic (exact) mass is 315 g/mol. The van der Waals surface area contributed by atoms with E-state index in [9.17, 15) is 14.7 Å². The third kappa shape index (κ3) is 2.43. The molecule has 2 bridgehead atoms. The van der Waals surface area contributed by atoms with Crippen molar-refractivity contribution in [3.63, 3.8) is 0 Å². The molecule has 5 heteroatoms. The molecule has 122 valence electrons. The number of aliphatic carboxylic acids is 1. The van der Waals surface area contributed by atoms with E-state index in [0.717, 1.165) is 32.1 Å².